The van der Waals surface area contributed by atoms with Gasteiger partial charge in [0.15, 0.2) is 0 Å². The van der Waals surface area contributed by atoms with Gasteiger partial charge in [-0.2, -0.15) is 5.26 Å². The number of halogens is 1. The van der Waals surface area contributed by atoms with Crippen molar-refractivity contribution >= 4 is 17.5 Å². The summed E-state index contributed by atoms with van der Waals surface area (Å²) in [7, 11) is 0. The highest BCUT2D eigenvalue weighted by Crippen LogP contribution is 2.23. The molecule has 0 aromatic heterocycles. The van der Waals surface area contributed by atoms with E-state index >= 15 is 0 Å². The number of carbonyl (C=O) groups excluding carboxylic acids is 2. The van der Waals surface area contributed by atoms with E-state index in [1.165, 1.54) is 11.0 Å². The zero-order chi connectivity index (χ0) is 17.1. The summed E-state index contributed by atoms with van der Waals surface area (Å²) in [5, 5.41) is 9.14. The lowest BCUT2D eigenvalue weighted by atomic mass is 10.1. The molecule has 2 aliphatic rings. The summed E-state index contributed by atoms with van der Waals surface area (Å²) in [5.74, 6) is -0.669. The molecule has 1 aromatic carbocycles. The highest BCUT2D eigenvalue weighted by atomic mass is 19.1. The number of carbonyl (C=O) groups is 2. The van der Waals surface area contributed by atoms with Gasteiger partial charge in [-0.1, -0.05) is 6.07 Å². The van der Waals surface area contributed by atoms with Crippen LogP contribution in [0.1, 0.15) is 18.4 Å². The van der Waals surface area contributed by atoms with Gasteiger partial charge in [-0.3, -0.25) is 19.4 Å². The van der Waals surface area contributed by atoms with E-state index in [2.05, 4.69) is 4.90 Å². The zero-order valence-electron chi connectivity index (χ0n) is 13.4. The number of hydrogen-bond donors (Lipinski definition) is 0. The molecule has 3 rings (SSSR count). The average Bonchev–Trinajstić information content (AvgIpc) is 2.91. The van der Waals surface area contributed by atoms with Crippen molar-refractivity contribution in [1.29, 1.82) is 5.26 Å². The molecule has 2 aliphatic heterocycles. The minimum absolute atomic E-state index is 0.0826. The number of hydrogen-bond acceptors (Lipinski definition) is 5. The van der Waals surface area contributed by atoms with Crippen molar-refractivity contribution in [2.75, 3.05) is 44.2 Å². The molecule has 0 bridgehead atoms. The fourth-order valence-corrected chi connectivity index (χ4v) is 3.21. The average molecular weight is 330 g/mol. The maximum atomic E-state index is 13.7. The van der Waals surface area contributed by atoms with E-state index in [9.17, 15) is 14.0 Å². The third-order valence-corrected chi connectivity index (χ3v) is 4.61. The number of amides is 2. The Bertz CT molecular complexity index is 676. The van der Waals surface area contributed by atoms with Crippen molar-refractivity contribution < 1.29 is 14.0 Å². The Morgan fingerprint density at radius 1 is 1.04 bits per heavy atom. The third kappa shape index (κ3) is 3.24. The second-order valence-corrected chi connectivity index (χ2v) is 6.01. The van der Waals surface area contributed by atoms with Gasteiger partial charge in [0.05, 0.1) is 5.69 Å². The minimum atomic E-state index is -0.497. The summed E-state index contributed by atoms with van der Waals surface area (Å²) in [4.78, 5) is 28.7. The number of nitriles is 1. The summed E-state index contributed by atoms with van der Waals surface area (Å²) < 4.78 is 13.7. The van der Waals surface area contributed by atoms with Crippen LogP contribution < -0.4 is 4.90 Å². The van der Waals surface area contributed by atoms with Crippen LogP contribution in [0.15, 0.2) is 18.2 Å². The molecule has 7 heteroatoms. The quantitative estimate of drug-likeness (QED) is 0.770. The Morgan fingerprint density at radius 2 is 1.71 bits per heavy atom. The molecule has 24 heavy (non-hydrogen) atoms. The molecule has 0 aliphatic carbocycles. The van der Waals surface area contributed by atoms with Crippen molar-refractivity contribution in [3.8, 4) is 6.07 Å². The van der Waals surface area contributed by atoms with Gasteiger partial charge in [0.1, 0.15) is 17.4 Å². The maximum Gasteiger partial charge on any atom is 0.229 e. The van der Waals surface area contributed by atoms with Crippen LogP contribution in [0.3, 0.4) is 0 Å². The van der Waals surface area contributed by atoms with Crippen LogP contribution in [-0.2, 0) is 9.59 Å². The summed E-state index contributed by atoms with van der Waals surface area (Å²) in [6.07, 6.45) is 0.645. The highest BCUT2D eigenvalue weighted by molar-refractivity contribution is 6.01. The van der Waals surface area contributed by atoms with Crippen LogP contribution in [0.4, 0.5) is 10.1 Å². The van der Waals surface area contributed by atoms with E-state index in [1.54, 1.807) is 12.1 Å². The van der Waals surface area contributed by atoms with Crippen LogP contribution >= 0.6 is 0 Å². The number of rotatable bonds is 4. The Morgan fingerprint density at radius 3 is 2.33 bits per heavy atom. The molecule has 1 aromatic rings. The summed E-state index contributed by atoms with van der Waals surface area (Å²) in [6.45, 7) is 3.94. The Hall–Kier alpha value is -2.46. The van der Waals surface area contributed by atoms with Crippen molar-refractivity contribution in [2.24, 2.45) is 0 Å². The van der Waals surface area contributed by atoms with Gasteiger partial charge in [0.2, 0.25) is 11.8 Å². The first kappa shape index (κ1) is 16.4. The van der Waals surface area contributed by atoms with E-state index in [0.717, 1.165) is 13.1 Å². The molecular weight excluding hydrogens is 311 g/mol. The summed E-state index contributed by atoms with van der Waals surface area (Å²) in [6, 6.07) is 6.60. The van der Waals surface area contributed by atoms with Crippen molar-refractivity contribution in [3.63, 3.8) is 0 Å². The van der Waals surface area contributed by atoms with Crippen LogP contribution in [0.25, 0.3) is 0 Å². The number of benzene rings is 1. The number of likely N-dealkylation sites (tertiary alicyclic amines) is 1. The first-order valence-electron chi connectivity index (χ1n) is 8.09. The fourth-order valence-electron chi connectivity index (χ4n) is 3.21. The first-order valence-corrected chi connectivity index (χ1v) is 8.09. The molecule has 0 radical (unpaired) electrons. The Balaban J connectivity index is 1.55. The van der Waals surface area contributed by atoms with E-state index in [1.807, 2.05) is 11.0 Å². The second kappa shape index (κ2) is 6.97. The lowest BCUT2D eigenvalue weighted by Crippen LogP contribution is -2.49. The van der Waals surface area contributed by atoms with E-state index in [4.69, 9.17) is 5.26 Å². The smallest absolute Gasteiger partial charge is 0.229 e. The number of nitrogens with zero attached hydrogens (tertiary/aromatic N) is 4. The molecule has 0 atom stereocenters. The molecule has 0 saturated carbocycles. The van der Waals surface area contributed by atoms with Crippen LogP contribution in [0.5, 0.6) is 0 Å². The third-order valence-electron chi connectivity index (χ3n) is 4.61. The molecule has 6 nitrogen and oxygen atoms in total. The molecule has 0 N–H and O–H groups in total. The number of piperazine rings is 1. The first-order chi connectivity index (χ1) is 11.6. The highest BCUT2D eigenvalue weighted by Gasteiger charge is 2.29. The molecule has 2 amide bonds. The van der Waals surface area contributed by atoms with Gasteiger partial charge in [-0.15, -0.1) is 0 Å². The lowest BCUT2D eigenvalue weighted by molar-refractivity contribution is -0.138. The van der Waals surface area contributed by atoms with E-state index in [0.29, 0.717) is 44.7 Å². The van der Waals surface area contributed by atoms with Gasteiger partial charge in [0.25, 0.3) is 0 Å². The number of anilines is 1. The van der Waals surface area contributed by atoms with Crippen LogP contribution in [-0.4, -0.2) is 60.9 Å². The second-order valence-electron chi connectivity index (χ2n) is 6.01. The van der Waals surface area contributed by atoms with Gasteiger partial charge in [-0.25, -0.2) is 4.39 Å². The molecule has 2 fully saturated rings. The van der Waals surface area contributed by atoms with Crippen molar-refractivity contribution in [3.05, 3.63) is 29.6 Å². The molecule has 0 spiro atoms. The molecule has 126 valence electrons. The van der Waals surface area contributed by atoms with Gasteiger partial charge < -0.3 is 4.90 Å². The lowest BCUT2D eigenvalue weighted by Gasteiger charge is -2.36. The van der Waals surface area contributed by atoms with Crippen LogP contribution in [0, 0.1) is 17.1 Å². The molecule has 0 unspecified atom stereocenters. The van der Waals surface area contributed by atoms with E-state index < -0.39 is 5.82 Å². The van der Waals surface area contributed by atoms with E-state index in [-0.39, 0.29) is 17.4 Å². The van der Waals surface area contributed by atoms with Gasteiger partial charge in [-0.05, 0) is 12.1 Å². The predicted molar refractivity (Wildman–Crippen MR) is 85.7 cm³/mol. The van der Waals surface area contributed by atoms with Crippen molar-refractivity contribution in [2.45, 2.75) is 12.8 Å². The fraction of sp³-hybridized carbons (Fsp3) is 0.471. The summed E-state index contributed by atoms with van der Waals surface area (Å²) >= 11 is 0. The minimum Gasteiger partial charge on any atom is -0.368 e. The molecule has 2 heterocycles. The Kier molecular flexibility index (Phi) is 4.76. The Labute approximate surface area is 140 Å². The number of imide groups is 1. The monoisotopic (exact) mass is 330 g/mol. The topological polar surface area (TPSA) is 67.7 Å². The summed E-state index contributed by atoms with van der Waals surface area (Å²) in [5.41, 5.74) is 0.709. The maximum absolute atomic E-state index is 13.7. The van der Waals surface area contributed by atoms with Crippen LogP contribution in [0.2, 0.25) is 0 Å². The van der Waals surface area contributed by atoms with Crippen molar-refractivity contribution in [1.82, 2.24) is 9.80 Å². The zero-order valence-corrected chi connectivity index (χ0v) is 13.4. The SMILES string of the molecule is N#Cc1c(F)cccc1N1CCN(CCN2C(=O)CCC2=O)CC1. The van der Waals surface area contributed by atoms with Gasteiger partial charge >= 0.3 is 0 Å². The molecule has 2 saturated heterocycles. The predicted octanol–water partition coefficient (Wildman–Crippen LogP) is 0.968. The van der Waals surface area contributed by atoms with Gasteiger partial charge in [0, 0.05) is 52.1 Å². The standard InChI is InChI=1S/C17H19FN4O2/c18-14-2-1-3-15(13(14)12-19)21-9-6-20(7-10-21)8-11-22-16(23)4-5-17(22)24/h1-3H,4-11H2. The molecular formula is C17H19FN4O2. The largest absolute Gasteiger partial charge is 0.368 e. The normalized spacial score (nSPS) is 19.0.